The fourth-order valence-electron chi connectivity index (χ4n) is 0.752. The zero-order valence-corrected chi connectivity index (χ0v) is 11.5. The van der Waals surface area contributed by atoms with E-state index < -0.39 is 11.7 Å². The van der Waals surface area contributed by atoms with Crippen LogP contribution < -0.4 is 51.4 Å². The van der Waals surface area contributed by atoms with Gasteiger partial charge in [-0.3, -0.25) is 4.79 Å². The fraction of sp³-hybridized carbons (Fsp3) is 0.556. The molecular weight excluding hydrogens is 193 g/mol. The molecule has 0 spiro atoms. The third-order valence-corrected chi connectivity index (χ3v) is 1.58. The predicted octanol–water partition coefficient (Wildman–Crippen LogP) is -1.86. The molecule has 0 N–H and O–H groups in total. The molecule has 0 aliphatic carbocycles. The number of carbonyl (C=O) groups is 2. The van der Waals surface area contributed by atoms with Crippen molar-refractivity contribution in [1.82, 2.24) is 0 Å². The number of carbonyl (C=O) groups excluding carboxylic acids is 2. The molecule has 1 unspecified atom stereocenters. The molecule has 66 valence electrons. The second-order valence-electron chi connectivity index (χ2n) is 2.54. The van der Waals surface area contributed by atoms with Gasteiger partial charge in [0.15, 0.2) is 5.78 Å². The van der Waals surface area contributed by atoms with Crippen LogP contribution in [0.15, 0.2) is 0 Å². The van der Waals surface area contributed by atoms with Crippen LogP contribution in [-0.4, -0.2) is 18.7 Å². The third kappa shape index (κ3) is 6.41. The van der Waals surface area contributed by atoms with E-state index in [4.69, 9.17) is 6.42 Å². The molecule has 0 bridgehead atoms. The Hall–Kier alpha value is 0.336. The van der Waals surface area contributed by atoms with Crippen molar-refractivity contribution in [1.29, 1.82) is 0 Å². The summed E-state index contributed by atoms with van der Waals surface area (Å²) in [5, 5.41) is 3.28. The number of likely N-dealkylation sites (N-methyl/N-ethyl adjacent to an activating group) is 1. The van der Waals surface area contributed by atoms with Crippen molar-refractivity contribution in [2.45, 2.75) is 19.8 Å². The van der Waals surface area contributed by atoms with Gasteiger partial charge in [0.25, 0.3) is 0 Å². The summed E-state index contributed by atoms with van der Waals surface area (Å²) < 4.78 is 0. The molecule has 1 atom stereocenters. The van der Waals surface area contributed by atoms with Crippen molar-refractivity contribution >= 4 is 11.7 Å². The molecule has 1 amide bonds. The van der Waals surface area contributed by atoms with Crippen LogP contribution in [0.3, 0.4) is 0 Å². The summed E-state index contributed by atoms with van der Waals surface area (Å²) in [7, 11) is 1.31. The first-order valence-electron chi connectivity index (χ1n) is 3.75. The minimum atomic E-state index is -0.667. The molecule has 4 heteroatoms. The molecule has 0 aliphatic heterocycles. The van der Waals surface area contributed by atoms with Gasteiger partial charge in [-0.15, -0.1) is 19.4 Å². The Morgan fingerprint density at radius 1 is 1.54 bits per heavy atom. The first-order chi connectivity index (χ1) is 5.63. The number of terminal acetylenes is 1. The Labute approximate surface area is 121 Å². The molecule has 0 aromatic carbocycles. The average molecular weight is 205 g/mol. The molecule has 0 heterocycles. The summed E-state index contributed by atoms with van der Waals surface area (Å²) in [6.45, 7) is 1.68. The SMILES string of the molecule is C#CCCC(C)C(=O)C(=O)[N-]C.[K+]. The van der Waals surface area contributed by atoms with E-state index >= 15 is 0 Å². The first-order valence-corrected chi connectivity index (χ1v) is 3.75. The van der Waals surface area contributed by atoms with Crippen molar-refractivity contribution < 1.29 is 61.0 Å². The van der Waals surface area contributed by atoms with Gasteiger partial charge in [0.1, 0.15) is 5.91 Å². The molecule has 0 saturated heterocycles. The van der Waals surface area contributed by atoms with Gasteiger partial charge < -0.3 is 10.1 Å². The van der Waals surface area contributed by atoms with Crippen LogP contribution in [0.2, 0.25) is 0 Å². The topological polar surface area (TPSA) is 48.2 Å². The first kappa shape index (κ1) is 15.8. The largest absolute Gasteiger partial charge is 1.00 e. The van der Waals surface area contributed by atoms with Gasteiger partial charge in [0.05, 0.1) is 0 Å². The van der Waals surface area contributed by atoms with Crippen LogP contribution in [0, 0.1) is 18.3 Å². The fourth-order valence-corrected chi connectivity index (χ4v) is 0.752. The number of hydrogen-bond donors (Lipinski definition) is 0. The number of Topliss-reactive ketones (excluding diaryl/α,β-unsaturated/α-hetero) is 1. The summed E-state index contributed by atoms with van der Waals surface area (Å²) in [6, 6.07) is 0. The van der Waals surface area contributed by atoms with E-state index in [0.29, 0.717) is 12.8 Å². The van der Waals surface area contributed by atoms with Gasteiger partial charge in [-0.25, -0.2) is 0 Å². The summed E-state index contributed by atoms with van der Waals surface area (Å²) in [6.07, 6.45) is 6.09. The van der Waals surface area contributed by atoms with Gasteiger partial charge >= 0.3 is 51.4 Å². The zero-order valence-electron chi connectivity index (χ0n) is 8.33. The minimum Gasteiger partial charge on any atom is -0.649 e. The second-order valence-corrected chi connectivity index (χ2v) is 2.54. The number of ketones is 1. The number of hydrogen-bond acceptors (Lipinski definition) is 2. The maximum absolute atomic E-state index is 11.1. The van der Waals surface area contributed by atoms with Crippen LogP contribution in [-0.2, 0) is 9.59 Å². The van der Waals surface area contributed by atoms with Crippen LogP contribution in [0.25, 0.3) is 5.32 Å². The number of rotatable bonds is 4. The maximum atomic E-state index is 11.1. The Kier molecular flexibility index (Phi) is 10.8. The third-order valence-electron chi connectivity index (χ3n) is 1.58. The molecule has 0 aromatic rings. The van der Waals surface area contributed by atoms with Crippen molar-refractivity contribution in [3.63, 3.8) is 0 Å². The molecule has 0 aromatic heterocycles. The van der Waals surface area contributed by atoms with E-state index in [2.05, 4.69) is 11.2 Å². The van der Waals surface area contributed by atoms with Gasteiger partial charge in [-0.1, -0.05) is 6.92 Å². The zero-order chi connectivity index (χ0) is 9.56. The molecule has 0 radical (unpaired) electrons. The monoisotopic (exact) mass is 205 g/mol. The summed E-state index contributed by atoms with van der Waals surface area (Å²) >= 11 is 0. The molecular formula is C9H12KNO2. The number of nitrogens with zero attached hydrogens (tertiary/aromatic N) is 1. The van der Waals surface area contributed by atoms with Gasteiger partial charge in [0, 0.05) is 12.3 Å². The molecule has 13 heavy (non-hydrogen) atoms. The van der Waals surface area contributed by atoms with Crippen molar-refractivity contribution in [3.05, 3.63) is 5.32 Å². The van der Waals surface area contributed by atoms with Crippen LogP contribution in [0.1, 0.15) is 19.8 Å². The van der Waals surface area contributed by atoms with E-state index in [9.17, 15) is 9.59 Å². The van der Waals surface area contributed by atoms with E-state index in [1.165, 1.54) is 7.05 Å². The van der Waals surface area contributed by atoms with Crippen LogP contribution in [0.4, 0.5) is 0 Å². The molecule has 0 fully saturated rings. The van der Waals surface area contributed by atoms with Crippen LogP contribution in [0.5, 0.6) is 0 Å². The van der Waals surface area contributed by atoms with Crippen molar-refractivity contribution in [2.24, 2.45) is 5.92 Å². The quantitative estimate of drug-likeness (QED) is 0.307. The van der Waals surface area contributed by atoms with Gasteiger partial charge in [-0.2, -0.15) is 0 Å². The van der Waals surface area contributed by atoms with Gasteiger partial charge in [0.2, 0.25) is 0 Å². The normalized spacial score (nSPS) is 10.5. The molecule has 0 rings (SSSR count). The van der Waals surface area contributed by atoms with E-state index in [-0.39, 0.29) is 57.3 Å². The molecule has 3 nitrogen and oxygen atoms in total. The van der Waals surface area contributed by atoms with E-state index in [0.717, 1.165) is 0 Å². The van der Waals surface area contributed by atoms with Crippen molar-refractivity contribution in [3.8, 4) is 12.3 Å². The number of amides is 1. The van der Waals surface area contributed by atoms with E-state index in [1.54, 1.807) is 6.92 Å². The summed E-state index contributed by atoms with van der Waals surface area (Å²) in [5.74, 6) is 0.990. The smallest absolute Gasteiger partial charge is 0.649 e. The summed E-state index contributed by atoms with van der Waals surface area (Å²) in [4.78, 5) is 21.8. The Morgan fingerprint density at radius 3 is 2.46 bits per heavy atom. The standard InChI is InChI=1S/C9H13NO2.K/c1-4-5-6-7(2)8(11)9(12)10-3;/h1,7H,5-6H2,2-3H3,(H,10,12);/q;+1/p-1. The minimum absolute atomic E-state index is 0. The second kappa shape index (κ2) is 8.91. The van der Waals surface area contributed by atoms with Crippen LogP contribution >= 0.6 is 0 Å². The summed E-state index contributed by atoms with van der Waals surface area (Å²) in [5.41, 5.74) is 0. The van der Waals surface area contributed by atoms with E-state index in [1.807, 2.05) is 0 Å². The molecule has 0 saturated carbocycles. The molecule has 0 aliphatic rings. The Morgan fingerprint density at radius 2 is 2.08 bits per heavy atom. The van der Waals surface area contributed by atoms with Gasteiger partial charge in [-0.05, 0) is 6.42 Å². The predicted molar refractivity (Wildman–Crippen MR) is 46.5 cm³/mol. The van der Waals surface area contributed by atoms with Crippen molar-refractivity contribution in [2.75, 3.05) is 7.05 Å². The Bertz CT molecular complexity index is 220. The average Bonchev–Trinajstić information content (AvgIpc) is 2.11. The Balaban J connectivity index is 0. The maximum Gasteiger partial charge on any atom is 1.00 e.